The minimum atomic E-state index is -0.386. The monoisotopic (exact) mass is 478 g/mol. The van der Waals surface area contributed by atoms with Gasteiger partial charge in [-0.2, -0.15) is 0 Å². The van der Waals surface area contributed by atoms with Gasteiger partial charge in [-0.05, 0) is 78.2 Å². The van der Waals surface area contributed by atoms with Crippen molar-refractivity contribution in [3.8, 4) is 11.5 Å². The van der Waals surface area contributed by atoms with E-state index in [2.05, 4.69) is 10.6 Å². The van der Waals surface area contributed by atoms with Crippen molar-refractivity contribution in [1.29, 1.82) is 0 Å². The van der Waals surface area contributed by atoms with E-state index < -0.39 is 0 Å². The van der Waals surface area contributed by atoms with Gasteiger partial charge in [0.2, 0.25) is 0 Å². The highest BCUT2D eigenvalue weighted by Crippen LogP contribution is 2.19. The lowest BCUT2D eigenvalue weighted by Gasteiger charge is -2.11. The van der Waals surface area contributed by atoms with Crippen LogP contribution in [0.5, 0.6) is 11.5 Å². The predicted octanol–water partition coefficient (Wildman–Crippen LogP) is 4.17. The van der Waals surface area contributed by atoms with Crippen LogP contribution in [0.25, 0.3) is 6.08 Å². The van der Waals surface area contributed by atoms with E-state index in [9.17, 15) is 9.59 Å². The molecule has 0 aliphatic rings. The summed E-state index contributed by atoms with van der Waals surface area (Å²) in [7, 11) is 3.25. The SMILES string of the molecule is COc1ccc(CCNC(=O)C(=Cc2sccc2C)C(=O)NCCc2ccc(OC)cc2)cc1. The van der Waals surface area contributed by atoms with Crippen LogP contribution in [0.3, 0.4) is 0 Å². The van der Waals surface area contributed by atoms with Crippen LogP contribution in [-0.2, 0) is 22.4 Å². The molecule has 1 aromatic heterocycles. The Labute approximate surface area is 204 Å². The predicted molar refractivity (Wildman–Crippen MR) is 136 cm³/mol. The smallest absolute Gasteiger partial charge is 0.256 e. The molecule has 0 unspecified atom stereocenters. The van der Waals surface area contributed by atoms with Crippen LogP contribution in [0.4, 0.5) is 0 Å². The summed E-state index contributed by atoms with van der Waals surface area (Å²) in [6.07, 6.45) is 2.98. The number of carbonyl (C=O) groups excluding carboxylic acids is 2. The quantitative estimate of drug-likeness (QED) is 0.246. The third kappa shape index (κ3) is 7.22. The van der Waals surface area contributed by atoms with Crippen molar-refractivity contribution in [2.45, 2.75) is 19.8 Å². The lowest BCUT2D eigenvalue weighted by molar-refractivity contribution is -0.123. The summed E-state index contributed by atoms with van der Waals surface area (Å²) in [6, 6.07) is 17.4. The number of carbonyl (C=O) groups is 2. The summed E-state index contributed by atoms with van der Waals surface area (Å²) < 4.78 is 10.3. The molecule has 0 saturated heterocycles. The molecular weight excluding hydrogens is 448 g/mol. The molecule has 3 aromatic rings. The molecule has 0 aliphatic carbocycles. The molecule has 178 valence electrons. The van der Waals surface area contributed by atoms with E-state index >= 15 is 0 Å². The number of thiophene rings is 1. The molecule has 3 rings (SSSR count). The molecule has 6 nitrogen and oxygen atoms in total. The minimum Gasteiger partial charge on any atom is -0.497 e. The maximum atomic E-state index is 12.9. The van der Waals surface area contributed by atoms with Crippen LogP contribution in [0.1, 0.15) is 21.6 Å². The van der Waals surface area contributed by atoms with Crippen LogP contribution in [0, 0.1) is 6.92 Å². The highest BCUT2D eigenvalue weighted by atomic mass is 32.1. The zero-order chi connectivity index (χ0) is 24.3. The van der Waals surface area contributed by atoms with E-state index in [4.69, 9.17) is 9.47 Å². The molecule has 0 saturated carbocycles. The first kappa shape index (κ1) is 25.1. The first-order valence-corrected chi connectivity index (χ1v) is 12.0. The molecule has 2 aromatic carbocycles. The zero-order valence-electron chi connectivity index (χ0n) is 19.7. The Balaban J connectivity index is 1.61. The summed E-state index contributed by atoms with van der Waals surface area (Å²) in [5, 5.41) is 7.72. The van der Waals surface area contributed by atoms with Gasteiger partial charge in [0.05, 0.1) is 14.2 Å². The van der Waals surface area contributed by atoms with Crippen LogP contribution in [0.15, 0.2) is 65.6 Å². The highest BCUT2D eigenvalue weighted by molar-refractivity contribution is 7.11. The fourth-order valence-electron chi connectivity index (χ4n) is 3.31. The minimum absolute atomic E-state index is 0.106. The van der Waals surface area contributed by atoms with Gasteiger partial charge in [0.15, 0.2) is 0 Å². The van der Waals surface area contributed by atoms with E-state index in [0.29, 0.717) is 25.9 Å². The first-order chi connectivity index (χ1) is 16.5. The number of hydrogen-bond acceptors (Lipinski definition) is 5. The van der Waals surface area contributed by atoms with Crippen molar-refractivity contribution in [2.24, 2.45) is 0 Å². The van der Waals surface area contributed by atoms with Gasteiger partial charge < -0.3 is 20.1 Å². The van der Waals surface area contributed by atoms with Crippen molar-refractivity contribution >= 4 is 29.2 Å². The lowest BCUT2D eigenvalue weighted by Crippen LogP contribution is -2.36. The Morgan fingerprint density at radius 3 is 1.65 bits per heavy atom. The van der Waals surface area contributed by atoms with Crippen molar-refractivity contribution in [3.05, 3.63) is 87.1 Å². The number of nitrogens with one attached hydrogen (secondary N) is 2. The van der Waals surface area contributed by atoms with Crippen molar-refractivity contribution in [1.82, 2.24) is 10.6 Å². The van der Waals surface area contributed by atoms with E-state index in [1.165, 1.54) is 11.3 Å². The molecular formula is C27H30N2O4S. The van der Waals surface area contributed by atoms with Gasteiger partial charge in [-0.1, -0.05) is 24.3 Å². The summed E-state index contributed by atoms with van der Waals surface area (Å²) in [6.45, 7) is 2.80. The van der Waals surface area contributed by atoms with Crippen LogP contribution in [-0.4, -0.2) is 39.1 Å². The van der Waals surface area contributed by atoms with Gasteiger partial charge in [0, 0.05) is 18.0 Å². The Morgan fingerprint density at radius 2 is 1.26 bits per heavy atom. The van der Waals surface area contributed by atoms with Gasteiger partial charge in [-0.25, -0.2) is 0 Å². The summed E-state index contributed by atoms with van der Waals surface area (Å²) >= 11 is 1.50. The first-order valence-electron chi connectivity index (χ1n) is 11.1. The van der Waals surface area contributed by atoms with Crippen molar-refractivity contribution < 1.29 is 19.1 Å². The largest absolute Gasteiger partial charge is 0.497 e. The molecule has 0 radical (unpaired) electrons. The van der Waals surface area contributed by atoms with E-state index in [1.54, 1.807) is 20.3 Å². The molecule has 2 amide bonds. The third-order valence-corrected chi connectivity index (χ3v) is 6.35. The molecule has 34 heavy (non-hydrogen) atoms. The average molecular weight is 479 g/mol. The number of aryl methyl sites for hydroxylation is 1. The van der Waals surface area contributed by atoms with Crippen LogP contribution in [0.2, 0.25) is 0 Å². The fraction of sp³-hybridized carbons (Fsp3) is 0.259. The average Bonchev–Trinajstić information content (AvgIpc) is 3.27. The topological polar surface area (TPSA) is 76.7 Å². The summed E-state index contributed by atoms with van der Waals surface area (Å²) in [5.74, 6) is 0.804. The Hall–Kier alpha value is -3.58. The number of methoxy groups -OCH3 is 2. The van der Waals surface area contributed by atoms with E-state index in [-0.39, 0.29) is 17.4 Å². The van der Waals surface area contributed by atoms with Crippen LogP contribution >= 0.6 is 11.3 Å². The number of amides is 2. The van der Waals surface area contributed by atoms with Gasteiger partial charge in [-0.15, -0.1) is 11.3 Å². The van der Waals surface area contributed by atoms with Gasteiger partial charge in [0.25, 0.3) is 11.8 Å². The second-order valence-corrected chi connectivity index (χ2v) is 8.68. The zero-order valence-corrected chi connectivity index (χ0v) is 20.5. The van der Waals surface area contributed by atoms with E-state index in [1.807, 2.05) is 66.9 Å². The van der Waals surface area contributed by atoms with Crippen LogP contribution < -0.4 is 20.1 Å². The normalized spacial score (nSPS) is 10.3. The maximum absolute atomic E-state index is 12.9. The molecule has 1 heterocycles. The Kier molecular flexibility index (Phi) is 9.29. The standard InChI is InChI=1S/C27H30N2O4S/c1-19-14-17-34-25(19)18-24(26(30)28-15-12-20-4-8-22(32-2)9-5-20)27(31)29-16-13-21-6-10-23(33-3)11-7-21/h4-11,14,17-18H,12-13,15-16H2,1-3H3,(H,28,30)(H,29,31). The number of rotatable bonds is 11. The fourth-order valence-corrected chi connectivity index (χ4v) is 4.17. The molecule has 2 N–H and O–H groups in total. The highest BCUT2D eigenvalue weighted by Gasteiger charge is 2.18. The summed E-state index contributed by atoms with van der Waals surface area (Å²) in [5.41, 5.74) is 3.28. The van der Waals surface area contributed by atoms with Crippen molar-refractivity contribution in [3.63, 3.8) is 0 Å². The Morgan fingerprint density at radius 1 is 0.794 bits per heavy atom. The summed E-state index contributed by atoms with van der Waals surface area (Å²) in [4.78, 5) is 26.8. The molecule has 0 bridgehead atoms. The van der Waals surface area contributed by atoms with Crippen molar-refractivity contribution in [2.75, 3.05) is 27.3 Å². The van der Waals surface area contributed by atoms with Gasteiger partial charge in [0.1, 0.15) is 17.1 Å². The molecule has 0 atom stereocenters. The number of hydrogen-bond donors (Lipinski definition) is 2. The van der Waals surface area contributed by atoms with Gasteiger partial charge in [-0.3, -0.25) is 9.59 Å². The van der Waals surface area contributed by atoms with E-state index in [0.717, 1.165) is 33.1 Å². The number of ether oxygens (including phenoxy) is 2. The third-order valence-electron chi connectivity index (χ3n) is 5.38. The molecule has 0 spiro atoms. The second-order valence-electron chi connectivity index (χ2n) is 7.73. The Bertz CT molecular complexity index is 1050. The molecule has 0 aliphatic heterocycles. The van der Waals surface area contributed by atoms with Gasteiger partial charge >= 0.3 is 0 Å². The lowest BCUT2D eigenvalue weighted by atomic mass is 10.1. The molecule has 0 fully saturated rings. The molecule has 7 heteroatoms. The second kappa shape index (κ2) is 12.6. The maximum Gasteiger partial charge on any atom is 0.256 e. The number of benzene rings is 2.